The van der Waals surface area contributed by atoms with Gasteiger partial charge in [0.25, 0.3) is 0 Å². The van der Waals surface area contributed by atoms with Crippen LogP contribution >= 0.6 is 0 Å². The van der Waals surface area contributed by atoms with Crippen LogP contribution in [0.5, 0.6) is 0 Å². The van der Waals surface area contributed by atoms with Crippen molar-refractivity contribution in [1.82, 2.24) is 0 Å². The third-order valence-corrected chi connectivity index (χ3v) is 2.79. The van der Waals surface area contributed by atoms with E-state index in [1.165, 1.54) is 0 Å². The van der Waals surface area contributed by atoms with Crippen molar-refractivity contribution in [2.75, 3.05) is 0 Å². The van der Waals surface area contributed by atoms with E-state index in [1.807, 2.05) is 12.1 Å². The smallest absolute Gasteiger partial charge is 0.318 e. The van der Waals surface area contributed by atoms with Gasteiger partial charge in [0.1, 0.15) is 5.76 Å². The van der Waals surface area contributed by atoms with Gasteiger partial charge in [-0.25, -0.2) is 4.99 Å². The van der Waals surface area contributed by atoms with Gasteiger partial charge in [0.2, 0.25) is 0 Å². The molecule has 4 N–H and O–H groups in total. The molecule has 1 heterocycles. The average molecular weight is 245 g/mol. The van der Waals surface area contributed by atoms with Crippen LogP contribution in [0.4, 0.5) is 5.69 Å². The largest absolute Gasteiger partial charge is 0.431 e. The van der Waals surface area contributed by atoms with E-state index in [4.69, 9.17) is 16.2 Å². The molecular weight excluding hydrogens is 230 g/mol. The lowest BCUT2D eigenvalue weighted by Gasteiger charge is -2.22. The topological polar surface area (TPSA) is 90.7 Å². The Kier molecular flexibility index (Phi) is 3.32. The maximum Gasteiger partial charge on any atom is 0.318 e. The van der Waals surface area contributed by atoms with Crippen molar-refractivity contribution < 1.29 is 9.53 Å². The number of benzene rings is 1. The van der Waals surface area contributed by atoms with Crippen molar-refractivity contribution >= 4 is 17.6 Å². The van der Waals surface area contributed by atoms with Crippen molar-refractivity contribution in [1.29, 1.82) is 0 Å². The van der Waals surface area contributed by atoms with E-state index in [0.717, 1.165) is 12.0 Å². The molecule has 0 aliphatic carbocycles. The van der Waals surface area contributed by atoms with E-state index in [0.29, 0.717) is 17.9 Å². The first-order valence-electron chi connectivity index (χ1n) is 5.65. The van der Waals surface area contributed by atoms with Gasteiger partial charge in [0, 0.05) is 6.42 Å². The molecule has 1 aromatic rings. The van der Waals surface area contributed by atoms with Gasteiger partial charge in [-0.15, -0.1) is 0 Å². The van der Waals surface area contributed by atoms with Crippen LogP contribution in [-0.4, -0.2) is 11.9 Å². The van der Waals surface area contributed by atoms with Gasteiger partial charge in [0.15, 0.2) is 5.96 Å². The van der Waals surface area contributed by atoms with E-state index in [-0.39, 0.29) is 17.8 Å². The number of nitrogens with two attached hydrogens (primary N) is 2. The van der Waals surface area contributed by atoms with Crippen LogP contribution in [0.3, 0.4) is 0 Å². The van der Waals surface area contributed by atoms with E-state index in [2.05, 4.69) is 11.6 Å². The molecule has 1 fully saturated rings. The van der Waals surface area contributed by atoms with Gasteiger partial charge in [-0.2, -0.15) is 0 Å². The quantitative estimate of drug-likeness (QED) is 0.469. The highest BCUT2D eigenvalue weighted by molar-refractivity contribution is 5.81. The van der Waals surface area contributed by atoms with Gasteiger partial charge >= 0.3 is 5.97 Å². The van der Waals surface area contributed by atoms with Gasteiger partial charge in [-0.3, -0.25) is 4.79 Å². The van der Waals surface area contributed by atoms with Crippen molar-refractivity contribution in [3.8, 4) is 0 Å². The third-order valence-electron chi connectivity index (χ3n) is 2.79. The Balaban J connectivity index is 2.17. The summed E-state index contributed by atoms with van der Waals surface area (Å²) in [7, 11) is 0. The highest BCUT2D eigenvalue weighted by atomic mass is 16.5. The number of esters is 1. The number of guanidine groups is 1. The number of nitrogens with zero attached hydrogens (tertiary/aromatic N) is 1. The number of carbonyl (C=O) groups is 1. The van der Waals surface area contributed by atoms with Crippen molar-refractivity contribution in [2.24, 2.45) is 16.5 Å². The summed E-state index contributed by atoms with van der Waals surface area (Å²) < 4.78 is 5.05. The molecule has 94 valence electrons. The van der Waals surface area contributed by atoms with Crippen molar-refractivity contribution in [3.63, 3.8) is 0 Å². The molecule has 0 aromatic heterocycles. The zero-order valence-electron chi connectivity index (χ0n) is 9.93. The molecule has 0 radical (unpaired) electrons. The molecule has 0 unspecified atom stereocenters. The maximum atomic E-state index is 11.7. The first-order valence-corrected chi connectivity index (χ1v) is 5.65. The van der Waals surface area contributed by atoms with Crippen molar-refractivity contribution in [2.45, 2.75) is 18.8 Å². The molecule has 1 aliphatic heterocycles. The minimum Gasteiger partial charge on any atom is -0.431 e. The minimum absolute atomic E-state index is 0.0103. The molecular formula is C13H15N3O2. The Bertz CT molecular complexity index is 501. The summed E-state index contributed by atoms with van der Waals surface area (Å²) in [5.74, 6) is 0.0640. The number of allylic oxidation sites excluding steroid dienone is 1. The first kappa shape index (κ1) is 12.2. The number of carbonyl (C=O) groups excluding carboxylic acids is 1. The van der Waals surface area contributed by atoms with E-state index >= 15 is 0 Å². The monoisotopic (exact) mass is 245 g/mol. The standard InChI is InChI=1S/C13H15N3O2/c1-8-2-7-11(12(17)18-8)9-3-5-10(6-4-9)16-13(14)15/h3-6,11H,1-2,7H2,(H4,14,15,16)/t11-/m1/s1. The summed E-state index contributed by atoms with van der Waals surface area (Å²) in [6, 6.07) is 7.21. The lowest BCUT2D eigenvalue weighted by atomic mass is 9.92. The van der Waals surface area contributed by atoms with Gasteiger partial charge < -0.3 is 16.2 Å². The molecule has 0 amide bonds. The zero-order chi connectivity index (χ0) is 13.1. The molecule has 5 heteroatoms. The second-order valence-electron chi connectivity index (χ2n) is 4.18. The fourth-order valence-electron chi connectivity index (χ4n) is 1.92. The normalized spacial score (nSPS) is 19.2. The van der Waals surface area contributed by atoms with Gasteiger partial charge in [-0.05, 0) is 24.1 Å². The predicted molar refractivity (Wildman–Crippen MR) is 69.1 cm³/mol. The molecule has 1 aliphatic rings. The average Bonchev–Trinajstić information content (AvgIpc) is 2.30. The lowest BCUT2D eigenvalue weighted by Crippen LogP contribution is -2.22. The van der Waals surface area contributed by atoms with Crippen LogP contribution in [0, 0.1) is 0 Å². The molecule has 0 bridgehead atoms. The molecule has 1 aromatic carbocycles. The second-order valence-corrected chi connectivity index (χ2v) is 4.18. The van der Waals surface area contributed by atoms with Crippen molar-refractivity contribution in [3.05, 3.63) is 42.2 Å². The maximum absolute atomic E-state index is 11.7. The minimum atomic E-state index is -0.249. The van der Waals surface area contributed by atoms with E-state index in [1.54, 1.807) is 12.1 Å². The molecule has 0 saturated carbocycles. The fraction of sp³-hybridized carbons (Fsp3) is 0.231. The predicted octanol–water partition coefficient (Wildman–Crippen LogP) is 1.53. The van der Waals surface area contributed by atoms with Crippen LogP contribution < -0.4 is 11.5 Å². The Morgan fingerprint density at radius 2 is 2.00 bits per heavy atom. The van der Waals surface area contributed by atoms with E-state index < -0.39 is 0 Å². The lowest BCUT2D eigenvalue weighted by molar-refractivity contribution is -0.143. The van der Waals surface area contributed by atoms with Crippen LogP contribution in [0.25, 0.3) is 0 Å². The number of ether oxygens (including phenoxy) is 1. The Hall–Kier alpha value is -2.30. The number of hydrogen-bond acceptors (Lipinski definition) is 3. The highest BCUT2D eigenvalue weighted by Gasteiger charge is 2.27. The molecule has 0 spiro atoms. The van der Waals surface area contributed by atoms with Gasteiger partial charge in [-0.1, -0.05) is 18.7 Å². The highest BCUT2D eigenvalue weighted by Crippen LogP contribution is 2.31. The SMILES string of the molecule is C=C1CC[C@H](c2ccc(N=C(N)N)cc2)C(=O)O1. The number of hydrogen-bond donors (Lipinski definition) is 2. The molecule has 5 nitrogen and oxygen atoms in total. The van der Waals surface area contributed by atoms with Crippen LogP contribution in [0.2, 0.25) is 0 Å². The fourth-order valence-corrected chi connectivity index (χ4v) is 1.92. The third kappa shape index (κ3) is 2.68. The van der Waals surface area contributed by atoms with Crippen LogP contribution in [-0.2, 0) is 9.53 Å². The number of cyclic esters (lactones) is 1. The Labute approximate surface area is 105 Å². The van der Waals surface area contributed by atoms with E-state index in [9.17, 15) is 4.79 Å². The summed E-state index contributed by atoms with van der Waals surface area (Å²) in [5.41, 5.74) is 12.1. The zero-order valence-corrected chi connectivity index (χ0v) is 9.93. The summed E-state index contributed by atoms with van der Waals surface area (Å²) in [5, 5.41) is 0. The molecule has 18 heavy (non-hydrogen) atoms. The summed E-state index contributed by atoms with van der Waals surface area (Å²) in [6.07, 6.45) is 1.42. The molecule has 1 atom stereocenters. The number of aliphatic imine (C=N–C) groups is 1. The Morgan fingerprint density at radius 1 is 1.33 bits per heavy atom. The number of rotatable bonds is 2. The second kappa shape index (κ2) is 4.91. The van der Waals surface area contributed by atoms with Gasteiger partial charge in [0.05, 0.1) is 11.6 Å². The summed E-state index contributed by atoms with van der Waals surface area (Å²) in [6.45, 7) is 3.65. The molecule has 2 rings (SSSR count). The Morgan fingerprint density at radius 3 is 2.56 bits per heavy atom. The molecule has 1 saturated heterocycles. The first-order chi connectivity index (χ1) is 8.56. The summed E-state index contributed by atoms with van der Waals surface area (Å²) in [4.78, 5) is 15.6. The van der Waals surface area contributed by atoms with Crippen LogP contribution in [0.15, 0.2) is 41.6 Å². The summed E-state index contributed by atoms with van der Waals surface area (Å²) >= 11 is 0. The van der Waals surface area contributed by atoms with Crippen LogP contribution in [0.1, 0.15) is 24.3 Å².